The summed E-state index contributed by atoms with van der Waals surface area (Å²) >= 11 is 0. The molecule has 0 spiro atoms. The van der Waals surface area contributed by atoms with Crippen LogP contribution in [0, 0.1) is 17.2 Å². The molecule has 1 fully saturated rings. The number of hydrogen-bond acceptors (Lipinski definition) is 4. The minimum Gasteiger partial charge on any atom is -0.481 e. The molecule has 1 aliphatic rings. The Morgan fingerprint density at radius 3 is 3.18 bits per heavy atom. The van der Waals surface area contributed by atoms with Crippen molar-refractivity contribution < 1.29 is 9.53 Å². The molecule has 1 atom stereocenters. The third-order valence-corrected chi connectivity index (χ3v) is 2.78. The highest BCUT2D eigenvalue weighted by Crippen LogP contribution is 2.20. The van der Waals surface area contributed by atoms with E-state index in [0.29, 0.717) is 25.4 Å². The van der Waals surface area contributed by atoms with Crippen molar-refractivity contribution in [2.24, 2.45) is 5.92 Å². The van der Waals surface area contributed by atoms with E-state index in [1.165, 1.54) is 0 Å². The van der Waals surface area contributed by atoms with Crippen LogP contribution < -0.4 is 4.74 Å². The van der Waals surface area contributed by atoms with Gasteiger partial charge in [-0.25, -0.2) is 4.98 Å². The molecular formula is C12H13N3O2. The fourth-order valence-corrected chi connectivity index (χ4v) is 1.89. The number of likely N-dealkylation sites (tertiary alicyclic amines) is 1. The van der Waals surface area contributed by atoms with Crippen molar-refractivity contribution in [2.75, 3.05) is 13.7 Å². The zero-order valence-corrected chi connectivity index (χ0v) is 9.59. The predicted molar refractivity (Wildman–Crippen MR) is 59.9 cm³/mol. The summed E-state index contributed by atoms with van der Waals surface area (Å²) in [4.78, 5) is 17.3. The summed E-state index contributed by atoms with van der Waals surface area (Å²) in [6, 6.07) is 5.77. The molecule has 5 nitrogen and oxygen atoms in total. The molecule has 0 radical (unpaired) electrons. The summed E-state index contributed by atoms with van der Waals surface area (Å²) in [5.41, 5.74) is 0.962. The summed E-state index contributed by atoms with van der Waals surface area (Å²) < 4.78 is 5.02. The lowest BCUT2D eigenvalue weighted by Gasteiger charge is -2.15. The topological polar surface area (TPSA) is 66.2 Å². The van der Waals surface area contributed by atoms with E-state index in [2.05, 4.69) is 11.1 Å². The van der Waals surface area contributed by atoms with E-state index < -0.39 is 0 Å². The maximum absolute atomic E-state index is 11.6. The van der Waals surface area contributed by atoms with Crippen LogP contribution in [0.4, 0.5) is 0 Å². The first-order valence-corrected chi connectivity index (χ1v) is 5.39. The number of pyridine rings is 1. The highest BCUT2D eigenvalue weighted by molar-refractivity contribution is 5.79. The Balaban J connectivity index is 2.06. The van der Waals surface area contributed by atoms with Gasteiger partial charge in [-0.15, -0.1) is 0 Å². The minimum absolute atomic E-state index is 0.0346. The molecular weight excluding hydrogens is 218 g/mol. The first-order chi connectivity index (χ1) is 8.22. The molecule has 5 heteroatoms. The number of carbonyl (C=O) groups is 1. The van der Waals surface area contributed by atoms with Crippen molar-refractivity contribution in [1.82, 2.24) is 9.88 Å². The number of amides is 1. The highest BCUT2D eigenvalue weighted by Gasteiger charge is 2.29. The van der Waals surface area contributed by atoms with Gasteiger partial charge in [0.2, 0.25) is 11.8 Å². The van der Waals surface area contributed by atoms with Crippen LogP contribution >= 0.6 is 0 Å². The number of nitriles is 1. The molecule has 1 amide bonds. The van der Waals surface area contributed by atoms with Crippen molar-refractivity contribution >= 4 is 5.91 Å². The van der Waals surface area contributed by atoms with Crippen LogP contribution in [0.1, 0.15) is 12.0 Å². The summed E-state index contributed by atoms with van der Waals surface area (Å²) in [6.45, 7) is 1.02. The van der Waals surface area contributed by atoms with Crippen molar-refractivity contribution in [1.29, 1.82) is 5.26 Å². The normalized spacial score (nSPS) is 19.2. The maximum Gasteiger partial charge on any atom is 0.224 e. The average molecular weight is 231 g/mol. The molecule has 1 aromatic rings. The Morgan fingerprint density at radius 2 is 2.53 bits per heavy atom. The standard InChI is InChI=1S/C12H13N3O2/c1-17-11-4-9(2-3-14-11)7-15-8-10(6-13)5-12(15)16/h2-4,10H,5,7-8H2,1H3. The maximum atomic E-state index is 11.6. The molecule has 0 bridgehead atoms. The van der Waals surface area contributed by atoms with Crippen LogP contribution in [0.25, 0.3) is 0 Å². The van der Waals surface area contributed by atoms with Crippen LogP contribution in [0.15, 0.2) is 18.3 Å². The Morgan fingerprint density at radius 1 is 1.71 bits per heavy atom. The largest absolute Gasteiger partial charge is 0.481 e. The SMILES string of the molecule is COc1cc(CN2CC(C#N)CC2=O)ccn1. The summed E-state index contributed by atoms with van der Waals surface area (Å²) in [5, 5.41) is 8.79. The van der Waals surface area contributed by atoms with Crippen molar-refractivity contribution in [3.63, 3.8) is 0 Å². The van der Waals surface area contributed by atoms with Gasteiger partial charge in [-0.05, 0) is 11.6 Å². The zero-order chi connectivity index (χ0) is 12.3. The second kappa shape index (κ2) is 4.83. The van der Waals surface area contributed by atoms with Gasteiger partial charge in [0.1, 0.15) is 0 Å². The van der Waals surface area contributed by atoms with Crippen molar-refractivity contribution in [2.45, 2.75) is 13.0 Å². The smallest absolute Gasteiger partial charge is 0.224 e. The molecule has 17 heavy (non-hydrogen) atoms. The van der Waals surface area contributed by atoms with Crippen molar-refractivity contribution in [3.8, 4) is 11.9 Å². The lowest BCUT2D eigenvalue weighted by Crippen LogP contribution is -2.24. The number of ether oxygens (including phenoxy) is 1. The van der Waals surface area contributed by atoms with Gasteiger partial charge in [-0.2, -0.15) is 5.26 Å². The highest BCUT2D eigenvalue weighted by atomic mass is 16.5. The van der Waals surface area contributed by atoms with Gasteiger partial charge >= 0.3 is 0 Å². The van der Waals surface area contributed by atoms with Crippen LogP contribution in [-0.2, 0) is 11.3 Å². The lowest BCUT2D eigenvalue weighted by molar-refractivity contribution is -0.128. The molecule has 2 heterocycles. The number of carbonyl (C=O) groups excluding carboxylic acids is 1. The number of nitrogens with zero attached hydrogens (tertiary/aromatic N) is 3. The monoisotopic (exact) mass is 231 g/mol. The van der Waals surface area contributed by atoms with Crippen LogP contribution in [0.3, 0.4) is 0 Å². The number of aromatic nitrogens is 1. The van der Waals surface area contributed by atoms with E-state index in [4.69, 9.17) is 10.00 Å². The van der Waals surface area contributed by atoms with E-state index in [1.807, 2.05) is 6.07 Å². The summed E-state index contributed by atoms with van der Waals surface area (Å²) in [6.07, 6.45) is 1.98. The summed E-state index contributed by atoms with van der Waals surface area (Å²) in [5.74, 6) is 0.393. The van der Waals surface area contributed by atoms with Crippen LogP contribution in [0.2, 0.25) is 0 Å². The van der Waals surface area contributed by atoms with Gasteiger partial charge in [-0.1, -0.05) is 0 Å². The molecule has 1 aromatic heterocycles. The number of hydrogen-bond donors (Lipinski definition) is 0. The molecule has 0 aromatic carbocycles. The molecule has 1 aliphatic heterocycles. The molecule has 0 saturated carbocycles. The Hall–Kier alpha value is -2.09. The fourth-order valence-electron chi connectivity index (χ4n) is 1.89. The first kappa shape index (κ1) is 11.4. The van der Waals surface area contributed by atoms with E-state index >= 15 is 0 Å². The summed E-state index contributed by atoms with van der Waals surface area (Å²) in [7, 11) is 1.55. The van der Waals surface area contributed by atoms with E-state index in [-0.39, 0.29) is 11.8 Å². The molecule has 2 rings (SSSR count). The van der Waals surface area contributed by atoms with Gasteiger partial charge < -0.3 is 9.64 Å². The van der Waals surface area contributed by atoms with Gasteiger partial charge in [0.15, 0.2) is 0 Å². The van der Waals surface area contributed by atoms with Gasteiger partial charge in [0.05, 0.1) is 19.1 Å². The number of rotatable bonds is 3. The molecule has 88 valence electrons. The quantitative estimate of drug-likeness (QED) is 0.777. The lowest BCUT2D eigenvalue weighted by atomic mass is 10.1. The first-order valence-electron chi connectivity index (χ1n) is 5.39. The predicted octanol–water partition coefficient (Wildman–Crippen LogP) is 0.962. The van der Waals surface area contributed by atoms with E-state index in [0.717, 1.165) is 5.56 Å². The van der Waals surface area contributed by atoms with E-state index in [1.54, 1.807) is 24.3 Å². The Labute approximate surface area is 99.6 Å². The van der Waals surface area contributed by atoms with Crippen LogP contribution in [0.5, 0.6) is 5.88 Å². The molecule has 1 unspecified atom stereocenters. The van der Waals surface area contributed by atoms with Gasteiger partial charge in [0.25, 0.3) is 0 Å². The van der Waals surface area contributed by atoms with Crippen LogP contribution in [-0.4, -0.2) is 29.4 Å². The van der Waals surface area contributed by atoms with E-state index in [9.17, 15) is 4.79 Å². The minimum atomic E-state index is -0.175. The zero-order valence-electron chi connectivity index (χ0n) is 9.59. The second-order valence-corrected chi connectivity index (χ2v) is 4.01. The number of methoxy groups -OCH3 is 1. The van der Waals surface area contributed by atoms with Crippen molar-refractivity contribution in [3.05, 3.63) is 23.9 Å². The fraction of sp³-hybridized carbons (Fsp3) is 0.417. The molecule has 1 saturated heterocycles. The third-order valence-electron chi connectivity index (χ3n) is 2.78. The molecule has 0 aliphatic carbocycles. The Bertz CT molecular complexity index is 467. The second-order valence-electron chi connectivity index (χ2n) is 4.01. The van der Waals surface area contributed by atoms with Gasteiger partial charge in [-0.3, -0.25) is 4.79 Å². The molecule has 0 N–H and O–H groups in total. The average Bonchev–Trinajstić information content (AvgIpc) is 2.70. The van der Waals surface area contributed by atoms with Gasteiger partial charge in [0, 0.05) is 31.8 Å². The third kappa shape index (κ3) is 2.53. The Kier molecular flexibility index (Phi) is 3.24.